The summed E-state index contributed by atoms with van der Waals surface area (Å²) < 4.78 is 15.7. The SMILES string of the molecule is C=CC(=O)N1CCc2c(cccc2-c2c(F)cc(C(N)=O)c3c2C(C2CC2)=C(C)C3)C1. The number of fused-ring (bicyclic) bond motifs is 2. The third-order valence-electron chi connectivity index (χ3n) is 6.83. The van der Waals surface area contributed by atoms with Crippen LogP contribution in [0.1, 0.15) is 52.4 Å². The normalized spacial score (nSPS) is 17.4. The number of carbonyl (C=O) groups is 2. The van der Waals surface area contributed by atoms with Crippen molar-refractivity contribution in [1.29, 1.82) is 0 Å². The van der Waals surface area contributed by atoms with E-state index in [4.69, 9.17) is 5.73 Å². The first-order chi connectivity index (χ1) is 14.9. The number of allylic oxidation sites excluding steroid dienone is 2. The van der Waals surface area contributed by atoms with Gasteiger partial charge in [-0.15, -0.1) is 0 Å². The molecule has 2 aromatic carbocycles. The Morgan fingerprint density at radius 3 is 2.68 bits per heavy atom. The zero-order valence-corrected chi connectivity index (χ0v) is 17.6. The minimum absolute atomic E-state index is 0.0940. The molecule has 2 amide bonds. The van der Waals surface area contributed by atoms with Gasteiger partial charge in [0.25, 0.3) is 0 Å². The van der Waals surface area contributed by atoms with E-state index >= 15 is 4.39 Å². The van der Waals surface area contributed by atoms with Gasteiger partial charge in [0.15, 0.2) is 0 Å². The molecule has 3 aliphatic rings. The maximum atomic E-state index is 15.7. The van der Waals surface area contributed by atoms with E-state index in [1.807, 2.05) is 18.2 Å². The van der Waals surface area contributed by atoms with Crippen molar-refractivity contribution in [2.75, 3.05) is 6.54 Å². The highest BCUT2D eigenvalue weighted by atomic mass is 19.1. The van der Waals surface area contributed by atoms with Crippen LogP contribution in [0, 0.1) is 11.7 Å². The maximum absolute atomic E-state index is 15.7. The van der Waals surface area contributed by atoms with Crippen LogP contribution in [-0.2, 0) is 24.2 Å². The molecular formula is C26H25FN2O2. The van der Waals surface area contributed by atoms with Gasteiger partial charge in [-0.05, 0) is 84.1 Å². The van der Waals surface area contributed by atoms with Crippen molar-refractivity contribution in [2.45, 2.75) is 39.2 Å². The Bertz CT molecular complexity index is 1190. The van der Waals surface area contributed by atoms with Gasteiger partial charge in [0.2, 0.25) is 11.8 Å². The number of hydrogen-bond donors (Lipinski definition) is 1. The molecule has 158 valence electrons. The summed E-state index contributed by atoms with van der Waals surface area (Å²) in [6.45, 7) is 6.73. The highest BCUT2D eigenvalue weighted by molar-refractivity contribution is 6.01. The van der Waals surface area contributed by atoms with Crippen LogP contribution >= 0.6 is 0 Å². The van der Waals surface area contributed by atoms with Gasteiger partial charge in [-0.2, -0.15) is 0 Å². The molecule has 0 atom stereocenters. The number of nitrogens with two attached hydrogens (primary N) is 1. The van der Waals surface area contributed by atoms with Gasteiger partial charge in [-0.1, -0.05) is 30.4 Å². The zero-order valence-electron chi connectivity index (χ0n) is 17.6. The standard InChI is InChI=1S/C26H25FN2O2/c1-3-22(30)29-10-9-17-16(13-29)5-4-6-18(17)24-21(27)12-20(26(28)31)19-11-14(2)23(25(19)24)15-7-8-15/h3-6,12,15H,1,7-11,13H2,2H3,(H2,28,31). The summed E-state index contributed by atoms with van der Waals surface area (Å²) in [5.41, 5.74) is 13.6. The molecule has 4 nitrogen and oxygen atoms in total. The van der Waals surface area contributed by atoms with Crippen molar-refractivity contribution in [1.82, 2.24) is 4.90 Å². The van der Waals surface area contributed by atoms with Crippen LogP contribution in [0.25, 0.3) is 16.7 Å². The van der Waals surface area contributed by atoms with Gasteiger partial charge >= 0.3 is 0 Å². The van der Waals surface area contributed by atoms with Gasteiger partial charge in [-0.3, -0.25) is 9.59 Å². The molecule has 0 aromatic heterocycles. The molecule has 0 radical (unpaired) electrons. The summed E-state index contributed by atoms with van der Waals surface area (Å²) in [6, 6.07) is 7.20. The molecule has 0 unspecified atom stereocenters. The molecule has 0 spiro atoms. The third kappa shape index (κ3) is 3.11. The van der Waals surface area contributed by atoms with E-state index in [0.717, 1.165) is 40.7 Å². The highest BCUT2D eigenvalue weighted by Crippen LogP contribution is 2.53. The third-order valence-corrected chi connectivity index (χ3v) is 6.83. The zero-order chi connectivity index (χ0) is 21.9. The van der Waals surface area contributed by atoms with E-state index in [1.165, 1.54) is 23.3 Å². The highest BCUT2D eigenvalue weighted by Gasteiger charge is 2.38. The fourth-order valence-corrected chi connectivity index (χ4v) is 5.31. The lowest BCUT2D eigenvalue weighted by Gasteiger charge is -2.30. The summed E-state index contributed by atoms with van der Waals surface area (Å²) in [6.07, 6.45) is 4.82. The van der Waals surface area contributed by atoms with Crippen LogP contribution in [0.3, 0.4) is 0 Å². The summed E-state index contributed by atoms with van der Waals surface area (Å²) in [4.78, 5) is 26.0. The molecule has 1 saturated carbocycles. The molecule has 31 heavy (non-hydrogen) atoms. The molecule has 2 aromatic rings. The predicted molar refractivity (Wildman–Crippen MR) is 119 cm³/mol. The largest absolute Gasteiger partial charge is 0.366 e. The van der Waals surface area contributed by atoms with Crippen LogP contribution in [0.2, 0.25) is 0 Å². The average molecular weight is 416 g/mol. The van der Waals surface area contributed by atoms with Crippen molar-refractivity contribution in [3.8, 4) is 11.1 Å². The lowest BCUT2D eigenvalue weighted by Crippen LogP contribution is -2.35. The minimum atomic E-state index is -0.583. The Morgan fingerprint density at radius 2 is 2.00 bits per heavy atom. The van der Waals surface area contributed by atoms with Crippen molar-refractivity contribution in [3.63, 3.8) is 0 Å². The Balaban J connectivity index is 1.72. The smallest absolute Gasteiger partial charge is 0.249 e. The first-order valence-electron chi connectivity index (χ1n) is 10.8. The topological polar surface area (TPSA) is 63.4 Å². The fraction of sp³-hybridized carbons (Fsp3) is 0.308. The summed E-state index contributed by atoms with van der Waals surface area (Å²) in [7, 11) is 0. The number of halogens is 1. The van der Waals surface area contributed by atoms with Gasteiger partial charge in [0.1, 0.15) is 5.82 Å². The number of carbonyl (C=O) groups excluding carboxylic acids is 2. The predicted octanol–water partition coefficient (Wildman–Crippen LogP) is 4.40. The maximum Gasteiger partial charge on any atom is 0.249 e. The van der Waals surface area contributed by atoms with E-state index in [1.54, 1.807) is 4.90 Å². The molecule has 2 aliphatic carbocycles. The van der Waals surface area contributed by atoms with Crippen molar-refractivity contribution in [3.05, 3.63) is 76.1 Å². The van der Waals surface area contributed by atoms with Crippen molar-refractivity contribution in [2.24, 2.45) is 11.7 Å². The molecule has 5 heteroatoms. The number of nitrogens with zero attached hydrogens (tertiary/aromatic N) is 1. The van der Waals surface area contributed by atoms with Crippen LogP contribution in [0.5, 0.6) is 0 Å². The van der Waals surface area contributed by atoms with E-state index < -0.39 is 11.7 Å². The monoisotopic (exact) mass is 416 g/mol. The second-order valence-corrected chi connectivity index (χ2v) is 8.80. The fourth-order valence-electron chi connectivity index (χ4n) is 5.31. The van der Waals surface area contributed by atoms with Crippen LogP contribution in [-0.4, -0.2) is 23.3 Å². The number of primary amides is 1. The summed E-state index contributed by atoms with van der Waals surface area (Å²) in [5.74, 6) is -0.648. The molecule has 2 N–H and O–H groups in total. The van der Waals surface area contributed by atoms with Gasteiger partial charge in [-0.25, -0.2) is 4.39 Å². The molecule has 1 aliphatic heterocycles. The Kier molecular flexibility index (Phi) is 4.58. The quantitative estimate of drug-likeness (QED) is 0.751. The molecular weight excluding hydrogens is 391 g/mol. The van der Waals surface area contributed by atoms with Crippen molar-refractivity contribution >= 4 is 17.4 Å². The second kappa shape index (κ2) is 7.19. The molecule has 1 fully saturated rings. The molecule has 1 heterocycles. The second-order valence-electron chi connectivity index (χ2n) is 8.80. The molecule has 0 bridgehead atoms. The van der Waals surface area contributed by atoms with Crippen LogP contribution in [0.15, 0.2) is 42.5 Å². The number of hydrogen-bond acceptors (Lipinski definition) is 2. The summed E-state index contributed by atoms with van der Waals surface area (Å²) in [5, 5.41) is 0. The van der Waals surface area contributed by atoms with Gasteiger partial charge in [0, 0.05) is 24.2 Å². The van der Waals surface area contributed by atoms with Crippen molar-refractivity contribution < 1.29 is 14.0 Å². The van der Waals surface area contributed by atoms with E-state index in [-0.39, 0.29) is 5.91 Å². The van der Waals surface area contributed by atoms with Crippen LogP contribution < -0.4 is 5.73 Å². The minimum Gasteiger partial charge on any atom is -0.366 e. The van der Waals surface area contributed by atoms with E-state index in [0.29, 0.717) is 43.0 Å². The molecule has 0 saturated heterocycles. The number of benzene rings is 2. The van der Waals surface area contributed by atoms with E-state index in [9.17, 15) is 9.59 Å². The Hall–Kier alpha value is -3.21. The van der Waals surface area contributed by atoms with E-state index in [2.05, 4.69) is 13.5 Å². The van der Waals surface area contributed by atoms with Gasteiger partial charge < -0.3 is 10.6 Å². The Labute approximate surface area is 181 Å². The Morgan fingerprint density at radius 1 is 1.23 bits per heavy atom. The lowest BCUT2D eigenvalue weighted by molar-refractivity contribution is -0.126. The first-order valence-corrected chi connectivity index (χ1v) is 10.8. The first kappa shape index (κ1) is 19.7. The van der Waals surface area contributed by atoms with Crippen LogP contribution in [0.4, 0.5) is 4.39 Å². The van der Waals surface area contributed by atoms with Gasteiger partial charge in [0.05, 0.1) is 0 Å². The summed E-state index contributed by atoms with van der Waals surface area (Å²) >= 11 is 0. The lowest BCUT2D eigenvalue weighted by atomic mass is 9.84. The number of rotatable bonds is 4. The number of amides is 2. The average Bonchev–Trinajstić information content (AvgIpc) is 3.53. The molecule has 5 rings (SSSR count).